The Bertz CT molecular complexity index is 794. The largest absolute Gasteiger partial charge is 0.492 e. The third-order valence-electron chi connectivity index (χ3n) is 4.26. The summed E-state index contributed by atoms with van der Waals surface area (Å²) >= 11 is 0. The van der Waals surface area contributed by atoms with Crippen LogP contribution in [0.2, 0.25) is 0 Å². The molecular weight excluding hydrogens is 336 g/mol. The standard InChI is InChI=1S/C23H29N2O2/c1-17(2)15-25(16-18(3)4)13-14-26-20-11-9-19(10-12-20)23-24-21-7-5-6-8-22(21)27-23/h5,7-12,17-18H,13-16H2,1-4H3. The van der Waals surface area contributed by atoms with Crippen molar-refractivity contribution in [2.75, 3.05) is 26.2 Å². The Morgan fingerprint density at radius 1 is 1.04 bits per heavy atom. The van der Waals surface area contributed by atoms with Crippen LogP contribution in [0, 0.1) is 17.9 Å². The molecular formula is C23H29N2O2. The van der Waals surface area contributed by atoms with Crippen LogP contribution in [-0.2, 0) is 0 Å². The topological polar surface area (TPSA) is 38.5 Å². The summed E-state index contributed by atoms with van der Waals surface area (Å²) in [5.41, 5.74) is 2.54. The van der Waals surface area contributed by atoms with E-state index in [4.69, 9.17) is 9.15 Å². The molecule has 1 aromatic heterocycles. The molecule has 0 spiro atoms. The first-order chi connectivity index (χ1) is 13.0. The van der Waals surface area contributed by atoms with Crippen LogP contribution in [0.5, 0.6) is 5.75 Å². The lowest BCUT2D eigenvalue weighted by molar-refractivity contribution is 0.177. The molecule has 0 saturated heterocycles. The Morgan fingerprint density at radius 2 is 1.74 bits per heavy atom. The van der Waals surface area contributed by atoms with Crippen molar-refractivity contribution in [3.05, 3.63) is 48.5 Å². The Labute approximate surface area is 162 Å². The van der Waals surface area contributed by atoms with Crippen molar-refractivity contribution in [2.45, 2.75) is 27.7 Å². The van der Waals surface area contributed by atoms with Crippen LogP contribution in [0.15, 0.2) is 46.9 Å². The summed E-state index contributed by atoms with van der Waals surface area (Å²) in [6.07, 6.45) is 0. The highest BCUT2D eigenvalue weighted by molar-refractivity contribution is 5.75. The van der Waals surface area contributed by atoms with E-state index in [2.05, 4.69) is 43.6 Å². The number of ether oxygens (including phenoxy) is 1. The minimum Gasteiger partial charge on any atom is -0.492 e. The number of hydrogen-bond donors (Lipinski definition) is 0. The molecule has 0 atom stereocenters. The molecule has 4 nitrogen and oxygen atoms in total. The van der Waals surface area contributed by atoms with Gasteiger partial charge in [0.15, 0.2) is 5.58 Å². The molecule has 0 aliphatic heterocycles. The maximum absolute atomic E-state index is 5.95. The highest BCUT2D eigenvalue weighted by Crippen LogP contribution is 2.25. The van der Waals surface area contributed by atoms with Crippen LogP contribution < -0.4 is 4.74 Å². The zero-order chi connectivity index (χ0) is 19.2. The second-order valence-electron chi connectivity index (χ2n) is 7.83. The van der Waals surface area contributed by atoms with E-state index in [1.165, 1.54) is 0 Å². The van der Waals surface area contributed by atoms with Crippen LogP contribution in [0.25, 0.3) is 22.6 Å². The molecule has 0 saturated carbocycles. The zero-order valence-electron chi connectivity index (χ0n) is 16.7. The molecule has 1 heterocycles. The van der Waals surface area contributed by atoms with E-state index in [9.17, 15) is 0 Å². The van der Waals surface area contributed by atoms with E-state index in [1.54, 1.807) is 0 Å². The van der Waals surface area contributed by atoms with Gasteiger partial charge in [-0.1, -0.05) is 33.8 Å². The van der Waals surface area contributed by atoms with E-state index >= 15 is 0 Å². The first-order valence-corrected chi connectivity index (χ1v) is 9.73. The lowest BCUT2D eigenvalue weighted by Crippen LogP contribution is -2.34. The van der Waals surface area contributed by atoms with Crippen molar-refractivity contribution in [2.24, 2.45) is 11.8 Å². The molecule has 0 aliphatic rings. The van der Waals surface area contributed by atoms with E-state index in [-0.39, 0.29) is 0 Å². The molecule has 2 aromatic carbocycles. The number of fused-ring (bicyclic) bond motifs is 1. The van der Waals surface area contributed by atoms with Gasteiger partial charge in [-0.15, -0.1) is 0 Å². The van der Waals surface area contributed by atoms with Crippen molar-refractivity contribution in [1.29, 1.82) is 0 Å². The Morgan fingerprint density at radius 3 is 2.37 bits per heavy atom. The van der Waals surface area contributed by atoms with Gasteiger partial charge in [-0.05, 0) is 54.3 Å². The fourth-order valence-electron chi connectivity index (χ4n) is 3.22. The summed E-state index contributed by atoms with van der Waals surface area (Å²) < 4.78 is 11.7. The lowest BCUT2D eigenvalue weighted by Gasteiger charge is -2.26. The molecule has 3 rings (SSSR count). The van der Waals surface area contributed by atoms with E-state index in [0.29, 0.717) is 24.3 Å². The fraction of sp³-hybridized carbons (Fsp3) is 0.435. The second-order valence-corrected chi connectivity index (χ2v) is 7.83. The summed E-state index contributed by atoms with van der Waals surface area (Å²) in [4.78, 5) is 7.00. The number of aromatic nitrogens is 1. The molecule has 27 heavy (non-hydrogen) atoms. The number of benzene rings is 2. The number of nitrogens with zero attached hydrogens (tertiary/aromatic N) is 2. The first kappa shape index (κ1) is 19.4. The molecule has 1 radical (unpaired) electrons. The minimum atomic E-state index is 0.621. The predicted octanol–water partition coefficient (Wildman–Crippen LogP) is 5.29. The van der Waals surface area contributed by atoms with E-state index in [0.717, 1.165) is 42.0 Å². The third-order valence-corrected chi connectivity index (χ3v) is 4.26. The Balaban J connectivity index is 1.57. The van der Waals surface area contributed by atoms with Gasteiger partial charge in [0.05, 0.1) is 0 Å². The average molecular weight is 365 g/mol. The lowest BCUT2D eigenvalue weighted by atomic mass is 10.1. The Kier molecular flexibility index (Phi) is 6.51. The van der Waals surface area contributed by atoms with Crippen LogP contribution in [0.3, 0.4) is 0 Å². The van der Waals surface area contributed by atoms with Crippen molar-refractivity contribution in [3.8, 4) is 17.2 Å². The van der Waals surface area contributed by atoms with Crippen molar-refractivity contribution < 1.29 is 9.15 Å². The molecule has 4 heteroatoms. The van der Waals surface area contributed by atoms with Crippen LogP contribution in [0.1, 0.15) is 27.7 Å². The van der Waals surface area contributed by atoms with E-state index < -0.39 is 0 Å². The normalized spacial score (nSPS) is 11.8. The van der Waals surface area contributed by atoms with Gasteiger partial charge in [-0.2, -0.15) is 0 Å². The van der Waals surface area contributed by atoms with Gasteiger partial charge >= 0.3 is 0 Å². The molecule has 0 N–H and O–H groups in total. The number of hydrogen-bond acceptors (Lipinski definition) is 4. The van der Waals surface area contributed by atoms with Crippen LogP contribution >= 0.6 is 0 Å². The minimum absolute atomic E-state index is 0.621. The maximum Gasteiger partial charge on any atom is 0.227 e. The van der Waals surface area contributed by atoms with Gasteiger partial charge in [0.25, 0.3) is 0 Å². The van der Waals surface area contributed by atoms with Gasteiger partial charge in [0.1, 0.15) is 17.9 Å². The fourth-order valence-corrected chi connectivity index (χ4v) is 3.22. The summed E-state index contributed by atoms with van der Waals surface area (Å²) in [7, 11) is 0. The molecule has 0 fully saturated rings. The quantitative estimate of drug-likeness (QED) is 0.516. The summed E-state index contributed by atoms with van der Waals surface area (Å²) in [6, 6.07) is 16.5. The van der Waals surface area contributed by atoms with Gasteiger partial charge in [-0.3, -0.25) is 4.90 Å². The van der Waals surface area contributed by atoms with Gasteiger partial charge < -0.3 is 9.15 Å². The monoisotopic (exact) mass is 365 g/mol. The summed E-state index contributed by atoms with van der Waals surface area (Å²) in [6.45, 7) is 12.9. The van der Waals surface area contributed by atoms with Gasteiger partial charge in [0, 0.05) is 25.2 Å². The van der Waals surface area contributed by atoms with Crippen LogP contribution in [-0.4, -0.2) is 36.1 Å². The maximum atomic E-state index is 5.95. The molecule has 0 bridgehead atoms. The zero-order valence-corrected chi connectivity index (χ0v) is 16.7. The summed E-state index contributed by atoms with van der Waals surface area (Å²) in [5.74, 6) is 2.82. The van der Waals surface area contributed by atoms with Gasteiger partial charge in [-0.25, -0.2) is 4.98 Å². The first-order valence-electron chi connectivity index (χ1n) is 9.73. The van der Waals surface area contributed by atoms with Crippen molar-refractivity contribution in [1.82, 2.24) is 9.88 Å². The number of rotatable bonds is 9. The molecule has 0 unspecified atom stereocenters. The smallest absolute Gasteiger partial charge is 0.227 e. The average Bonchev–Trinajstić information content (AvgIpc) is 3.05. The second kappa shape index (κ2) is 9.05. The predicted molar refractivity (Wildman–Crippen MR) is 110 cm³/mol. The Hall–Kier alpha value is -2.33. The summed E-state index contributed by atoms with van der Waals surface area (Å²) in [5, 5.41) is 0. The third kappa shape index (κ3) is 5.57. The molecule has 143 valence electrons. The number of oxazole rings is 1. The molecule has 0 aliphatic carbocycles. The highest BCUT2D eigenvalue weighted by atomic mass is 16.5. The van der Waals surface area contributed by atoms with Crippen molar-refractivity contribution in [3.63, 3.8) is 0 Å². The molecule has 0 amide bonds. The van der Waals surface area contributed by atoms with Crippen LogP contribution in [0.4, 0.5) is 0 Å². The van der Waals surface area contributed by atoms with Gasteiger partial charge in [0.2, 0.25) is 5.89 Å². The SMILES string of the molecule is CC(C)CN(CCOc1ccc(-c2nc3cc[c]cc3o2)cc1)CC(C)C. The van der Waals surface area contributed by atoms with E-state index in [1.807, 2.05) is 42.5 Å². The van der Waals surface area contributed by atoms with Crippen molar-refractivity contribution >= 4 is 11.1 Å². The molecule has 3 aromatic rings. The highest BCUT2D eigenvalue weighted by Gasteiger charge is 2.10.